The van der Waals surface area contributed by atoms with Gasteiger partial charge in [0.25, 0.3) is 0 Å². The molecule has 0 radical (unpaired) electrons. The summed E-state index contributed by atoms with van der Waals surface area (Å²) >= 11 is 0. The highest BCUT2D eigenvalue weighted by atomic mass is 19.1. The van der Waals surface area contributed by atoms with Crippen molar-refractivity contribution in [3.63, 3.8) is 0 Å². The number of carboxylic acid groups (broad SMARTS) is 1. The van der Waals surface area contributed by atoms with Gasteiger partial charge in [-0.15, -0.1) is 0 Å². The Labute approximate surface area is 97.9 Å². The smallest absolute Gasteiger partial charge is 0.309 e. The van der Waals surface area contributed by atoms with Gasteiger partial charge in [-0.1, -0.05) is 0 Å². The Hall–Kier alpha value is -1.84. The molecule has 0 saturated carbocycles. The van der Waals surface area contributed by atoms with Gasteiger partial charge in [0, 0.05) is 11.5 Å². The number of hydrogen-bond donors (Lipinski definition) is 1. The SMILES string of the molecule is CC(C)(Cc1coc2cc(F)ccc12)C(=O)O. The minimum Gasteiger partial charge on any atom is -0.481 e. The summed E-state index contributed by atoms with van der Waals surface area (Å²) in [4.78, 5) is 11.0. The van der Waals surface area contributed by atoms with Gasteiger partial charge in [0.1, 0.15) is 11.4 Å². The van der Waals surface area contributed by atoms with Gasteiger partial charge in [-0.3, -0.25) is 4.79 Å². The van der Waals surface area contributed by atoms with Crippen LogP contribution in [-0.2, 0) is 11.2 Å². The molecule has 0 aliphatic carbocycles. The van der Waals surface area contributed by atoms with E-state index in [1.54, 1.807) is 19.9 Å². The van der Waals surface area contributed by atoms with E-state index in [-0.39, 0.29) is 5.82 Å². The van der Waals surface area contributed by atoms with E-state index >= 15 is 0 Å². The number of hydrogen-bond acceptors (Lipinski definition) is 2. The summed E-state index contributed by atoms with van der Waals surface area (Å²) in [6.07, 6.45) is 1.84. The van der Waals surface area contributed by atoms with Crippen molar-refractivity contribution in [3.8, 4) is 0 Å². The van der Waals surface area contributed by atoms with Gasteiger partial charge in [-0.25, -0.2) is 4.39 Å². The number of aliphatic carboxylic acids is 1. The molecule has 3 nitrogen and oxygen atoms in total. The molecule has 4 heteroatoms. The maximum Gasteiger partial charge on any atom is 0.309 e. The molecule has 90 valence electrons. The maximum atomic E-state index is 13.0. The van der Waals surface area contributed by atoms with E-state index in [9.17, 15) is 9.18 Å². The molecule has 1 aromatic carbocycles. The molecule has 0 saturated heterocycles. The predicted molar refractivity (Wildman–Crippen MR) is 61.3 cm³/mol. The molecular weight excluding hydrogens is 223 g/mol. The van der Waals surface area contributed by atoms with Crippen molar-refractivity contribution in [2.75, 3.05) is 0 Å². The second-order valence-electron chi connectivity index (χ2n) is 4.77. The van der Waals surface area contributed by atoms with E-state index in [0.717, 1.165) is 10.9 Å². The average molecular weight is 236 g/mol. The zero-order valence-corrected chi connectivity index (χ0v) is 9.66. The topological polar surface area (TPSA) is 50.4 Å². The first-order valence-electron chi connectivity index (χ1n) is 5.29. The van der Waals surface area contributed by atoms with Crippen LogP contribution in [0.4, 0.5) is 4.39 Å². The highest BCUT2D eigenvalue weighted by Crippen LogP contribution is 2.29. The molecule has 0 bridgehead atoms. The highest BCUT2D eigenvalue weighted by Gasteiger charge is 2.28. The molecule has 1 aromatic heterocycles. The van der Waals surface area contributed by atoms with Crippen LogP contribution in [0.3, 0.4) is 0 Å². The van der Waals surface area contributed by atoms with Gasteiger partial charge in [-0.2, -0.15) is 0 Å². The Bertz CT molecular complexity index is 569. The molecule has 2 rings (SSSR count). The van der Waals surface area contributed by atoms with E-state index in [1.807, 2.05) is 0 Å². The van der Waals surface area contributed by atoms with Crippen LogP contribution >= 0.6 is 0 Å². The first-order valence-corrected chi connectivity index (χ1v) is 5.29. The van der Waals surface area contributed by atoms with E-state index in [4.69, 9.17) is 9.52 Å². The molecular formula is C13H13FO3. The van der Waals surface area contributed by atoms with E-state index in [1.165, 1.54) is 18.4 Å². The minimum atomic E-state index is -0.870. The number of carboxylic acids is 1. The molecule has 0 atom stereocenters. The molecule has 0 spiro atoms. The summed E-state index contributed by atoms with van der Waals surface area (Å²) in [5, 5.41) is 9.83. The van der Waals surface area contributed by atoms with Gasteiger partial charge in [0.05, 0.1) is 11.7 Å². The van der Waals surface area contributed by atoms with Gasteiger partial charge >= 0.3 is 5.97 Å². The molecule has 17 heavy (non-hydrogen) atoms. The molecule has 0 aliphatic heterocycles. The van der Waals surface area contributed by atoms with Gasteiger partial charge in [0.2, 0.25) is 0 Å². The van der Waals surface area contributed by atoms with E-state index < -0.39 is 11.4 Å². The van der Waals surface area contributed by atoms with Crippen LogP contribution in [0.2, 0.25) is 0 Å². The third kappa shape index (κ3) is 2.16. The lowest BCUT2D eigenvalue weighted by atomic mass is 9.86. The lowest BCUT2D eigenvalue weighted by Crippen LogP contribution is -2.26. The van der Waals surface area contributed by atoms with Crippen molar-refractivity contribution >= 4 is 16.9 Å². The normalized spacial score (nSPS) is 11.9. The minimum absolute atomic E-state index is 0.348. The maximum absolute atomic E-state index is 13.0. The van der Waals surface area contributed by atoms with Gasteiger partial charge < -0.3 is 9.52 Å². The highest BCUT2D eigenvalue weighted by molar-refractivity contribution is 5.82. The molecule has 0 aliphatic rings. The number of rotatable bonds is 3. The quantitative estimate of drug-likeness (QED) is 0.890. The standard InChI is InChI=1S/C13H13FO3/c1-13(2,12(15)16)6-8-7-17-11-5-9(14)3-4-10(8)11/h3-5,7H,6H2,1-2H3,(H,15,16). The largest absolute Gasteiger partial charge is 0.481 e. The summed E-state index contributed by atoms with van der Waals surface area (Å²) in [6, 6.07) is 4.25. The zero-order chi connectivity index (χ0) is 12.6. The monoisotopic (exact) mass is 236 g/mol. The summed E-state index contributed by atoms with van der Waals surface area (Å²) in [6.45, 7) is 3.30. The zero-order valence-electron chi connectivity index (χ0n) is 9.66. The number of carbonyl (C=O) groups is 1. The Kier molecular flexibility index (Phi) is 2.65. The van der Waals surface area contributed by atoms with Gasteiger partial charge in [0.15, 0.2) is 0 Å². The van der Waals surface area contributed by atoms with E-state index in [0.29, 0.717) is 12.0 Å². The van der Waals surface area contributed by atoms with Crippen molar-refractivity contribution < 1.29 is 18.7 Å². The second-order valence-corrected chi connectivity index (χ2v) is 4.77. The van der Waals surface area contributed by atoms with Crippen LogP contribution in [0.5, 0.6) is 0 Å². The molecule has 0 amide bonds. The van der Waals surface area contributed by atoms with Crippen LogP contribution in [0.25, 0.3) is 11.0 Å². The molecule has 1 N–H and O–H groups in total. The lowest BCUT2D eigenvalue weighted by Gasteiger charge is -2.17. The van der Waals surface area contributed by atoms with Crippen LogP contribution < -0.4 is 0 Å². The lowest BCUT2D eigenvalue weighted by molar-refractivity contribution is -0.146. The molecule has 1 heterocycles. The second kappa shape index (κ2) is 3.87. The average Bonchev–Trinajstić information content (AvgIpc) is 2.60. The first kappa shape index (κ1) is 11.6. The summed E-state index contributed by atoms with van der Waals surface area (Å²) < 4.78 is 18.2. The first-order chi connectivity index (χ1) is 7.90. The van der Waals surface area contributed by atoms with Crippen LogP contribution in [0.15, 0.2) is 28.9 Å². The fourth-order valence-corrected chi connectivity index (χ4v) is 1.75. The summed E-state index contributed by atoms with van der Waals surface area (Å²) in [7, 11) is 0. The fraction of sp³-hybridized carbons (Fsp3) is 0.308. The van der Waals surface area contributed by atoms with Crippen LogP contribution in [0.1, 0.15) is 19.4 Å². The van der Waals surface area contributed by atoms with Crippen LogP contribution in [0, 0.1) is 11.2 Å². The summed E-state index contributed by atoms with van der Waals surface area (Å²) in [5.41, 5.74) is 0.360. The van der Waals surface area contributed by atoms with Crippen LogP contribution in [-0.4, -0.2) is 11.1 Å². The molecule has 2 aromatic rings. The number of halogens is 1. The van der Waals surface area contributed by atoms with E-state index in [2.05, 4.69) is 0 Å². The third-order valence-corrected chi connectivity index (χ3v) is 2.83. The number of fused-ring (bicyclic) bond motifs is 1. The molecule has 0 fully saturated rings. The Morgan fingerprint density at radius 3 is 2.82 bits per heavy atom. The summed E-state index contributed by atoms with van der Waals surface area (Å²) in [5.74, 6) is -1.23. The third-order valence-electron chi connectivity index (χ3n) is 2.83. The Balaban J connectivity index is 2.41. The van der Waals surface area contributed by atoms with Crippen molar-refractivity contribution in [3.05, 3.63) is 35.8 Å². The van der Waals surface area contributed by atoms with Gasteiger partial charge in [-0.05, 0) is 38.0 Å². The Morgan fingerprint density at radius 2 is 2.18 bits per heavy atom. The fourth-order valence-electron chi connectivity index (χ4n) is 1.75. The Morgan fingerprint density at radius 1 is 1.47 bits per heavy atom. The molecule has 0 unspecified atom stereocenters. The van der Waals surface area contributed by atoms with Crippen molar-refractivity contribution in [2.45, 2.75) is 20.3 Å². The van der Waals surface area contributed by atoms with Crippen molar-refractivity contribution in [1.82, 2.24) is 0 Å². The number of benzene rings is 1. The van der Waals surface area contributed by atoms with Crippen molar-refractivity contribution in [1.29, 1.82) is 0 Å². The van der Waals surface area contributed by atoms with Crippen molar-refractivity contribution in [2.24, 2.45) is 5.41 Å². The predicted octanol–water partition coefficient (Wildman–Crippen LogP) is 3.23. The number of furan rings is 1.